The summed E-state index contributed by atoms with van der Waals surface area (Å²) in [5, 5.41) is 3.51. The van der Waals surface area contributed by atoms with Gasteiger partial charge in [0.2, 0.25) is 5.91 Å². The molecule has 1 N–H and O–H groups in total. The third kappa shape index (κ3) is 2.91. The Morgan fingerprint density at radius 2 is 1.84 bits per heavy atom. The number of benzene rings is 1. The highest BCUT2D eigenvalue weighted by molar-refractivity contribution is 5.95. The molecule has 1 heterocycles. The second kappa shape index (κ2) is 5.64. The molecule has 0 bridgehead atoms. The Morgan fingerprint density at radius 3 is 2.47 bits per heavy atom. The van der Waals surface area contributed by atoms with Crippen LogP contribution in [0.25, 0.3) is 0 Å². The normalized spacial score (nSPS) is 20.2. The molecular formula is C16H22N2O. The summed E-state index contributed by atoms with van der Waals surface area (Å²) in [5.74, 6) is 1.10. The van der Waals surface area contributed by atoms with Crippen molar-refractivity contribution in [1.29, 1.82) is 0 Å². The Labute approximate surface area is 115 Å². The standard InChI is InChI=1S/C16H22N2O/c19-16-6-3-11-18(16)15-9-7-14(8-10-15)17-12-13-4-1-2-5-13/h7-10,13,17H,1-6,11-12H2. The number of nitrogens with zero attached hydrogens (tertiary/aromatic N) is 1. The van der Waals surface area contributed by atoms with E-state index in [0.29, 0.717) is 6.42 Å². The highest BCUT2D eigenvalue weighted by Crippen LogP contribution is 2.26. The van der Waals surface area contributed by atoms with Gasteiger partial charge in [-0.1, -0.05) is 12.8 Å². The van der Waals surface area contributed by atoms with Gasteiger partial charge in [-0.25, -0.2) is 0 Å². The van der Waals surface area contributed by atoms with Gasteiger partial charge in [0.25, 0.3) is 0 Å². The molecule has 1 amide bonds. The van der Waals surface area contributed by atoms with E-state index in [2.05, 4.69) is 29.6 Å². The summed E-state index contributed by atoms with van der Waals surface area (Å²) in [7, 11) is 0. The molecule has 1 aromatic rings. The fourth-order valence-electron chi connectivity index (χ4n) is 3.16. The van der Waals surface area contributed by atoms with Gasteiger partial charge in [-0.15, -0.1) is 0 Å². The van der Waals surface area contributed by atoms with E-state index in [1.165, 1.54) is 31.4 Å². The lowest BCUT2D eigenvalue weighted by atomic mass is 10.1. The van der Waals surface area contributed by atoms with Crippen molar-refractivity contribution in [3.05, 3.63) is 24.3 Å². The topological polar surface area (TPSA) is 32.3 Å². The number of rotatable bonds is 4. The molecule has 0 unspecified atom stereocenters. The van der Waals surface area contributed by atoms with Gasteiger partial charge < -0.3 is 10.2 Å². The number of anilines is 2. The summed E-state index contributed by atoms with van der Waals surface area (Å²) < 4.78 is 0. The molecule has 0 atom stereocenters. The summed E-state index contributed by atoms with van der Waals surface area (Å²) in [5.41, 5.74) is 2.20. The SMILES string of the molecule is O=C1CCCN1c1ccc(NCC2CCCC2)cc1. The van der Waals surface area contributed by atoms with Crippen LogP contribution in [0.1, 0.15) is 38.5 Å². The first-order chi connectivity index (χ1) is 9.33. The van der Waals surface area contributed by atoms with Crippen molar-refractivity contribution in [2.24, 2.45) is 5.92 Å². The third-order valence-electron chi connectivity index (χ3n) is 4.32. The molecule has 1 aliphatic carbocycles. The molecule has 3 heteroatoms. The van der Waals surface area contributed by atoms with E-state index in [0.717, 1.165) is 31.1 Å². The molecule has 3 rings (SSSR count). The highest BCUT2D eigenvalue weighted by Gasteiger charge is 2.21. The lowest BCUT2D eigenvalue weighted by Gasteiger charge is -2.17. The summed E-state index contributed by atoms with van der Waals surface area (Å²) in [4.78, 5) is 13.6. The van der Waals surface area contributed by atoms with E-state index in [4.69, 9.17) is 0 Å². The van der Waals surface area contributed by atoms with Crippen LogP contribution < -0.4 is 10.2 Å². The van der Waals surface area contributed by atoms with Gasteiger partial charge in [0.1, 0.15) is 0 Å². The van der Waals surface area contributed by atoms with Crippen LogP contribution in [0.3, 0.4) is 0 Å². The number of nitrogens with one attached hydrogen (secondary N) is 1. The maximum absolute atomic E-state index is 11.7. The zero-order valence-electron chi connectivity index (χ0n) is 11.4. The van der Waals surface area contributed by atoms with Crippen molar-refractivity contribution in [2.45, 2.75) is 38.5 Å². The molecule has 3 nitrogen and oxygen atoms in total. The predicted octanol–water partition coefficient (Wildman–Crippen LogP) is 3.42. The summed E-state index contributed by atoms with van der Waals surface area (Å²) >= 11 is 0. The third-order valence-corrected chi connectivity index (χ3v) is 4.32. The van der Waals surface area contributed by atoms with Gasteiger partial charge in [0.15, 0.2) is 0 Å². The van der Waals surface area contributed by atoms with Gasteiger partial charge in [-0.05, 0) is 49.4 Å². The Morgan fingerprint density at radius 1 is 1.11 bits per heavy atom. The van der Waals surface area contributed by atoms with Crippen LogP contribution in [-0.2, 0) is 4.79 Å². The van der Waals surface area contributed by atoms with Crippen molar-refractivity contribution in [2.75, 3.05) is 23.3 Å². The molecule has 1 aromatic carbocycles. The van der Waals surface area contributed by atoms with E-state index in [-0.39, 0.29) is 5.91 Å². The molecular weight excluding hydrogens is 236 g/mol. The molecule has 1 saturated carbocycles. The van der Waals surface area contributed by atoms with Crippen LogP contribution in [0.5, 0.6) is 0 Å². The average molecular weight is 258 g/mol. The molecule has 0 aromatic heterocycles. The van der Waals surface area contributed by atoms with Gasteiger partial charge in [0.05, 0.1) is 0 Å². The van der Waals surface area contributed by atoms with Gasteiger partial charge >= 0.3 is 0 Å². The molecule has 2 aliphatic rings. The van der Waals surface area contributed by atoms with Gasteiger partial charge in [0, 0.05) is 30.9 Å². The van der Waals surface area contributed by atoms with E-state index < -0.39 is 0 Å². The Kier molecular flexibility index (Phi) is 3.72. The maximum Gasteiger partial charge on any atom is 0.227 e. The maximum atomic E-state index is 11.7. The van der Waals surface area contributed by atoms with Crippen molar-refractivity contribution in [3.63, 3.8) is 0 Å². The largest absolute Gasteiger partial charge is 0.385 e. The van der Waals surface area contributed by atoms with Crippen molar-refractivity contribution >= 4 is 17.3 Å². The number of carbonyl (C=O) groups is 1. The van der Waals surface area contributed by atoms with Crippen molar-refractivity contribution in [3.8, 4) is 0 Å². The van der Waals surface area contributed by atoms with E-state index in [1.54, 1.807) is 0 Å². The average Bonchev–Trinajstić information content (AvgIpc) is 3.08. The molecule has 19 heavy (non-hydrogen) atoms. The summed E-state index contributed by atoms with van der Waals surface area (Å²) in [6.07, 6.45) is 7.20. The Bertz CT molecular complexity index is 435. The molecule has 1 aliphatic heterocycles. The van der Waals surface area contributed by atoms with Crippen LogP contribution in [0.2, 0.25) is 0 Å². The Hall–Kier alpha value is -1.51. The first-order valence-electron chi connectivity index (χ1n) is 7.47. The highest BCUT2D eigenvalue weighted by atomic mass is 16.2. The minimum atomic E-state index is 0.256. The van der Waals surface area contributed by atoms with Crippen LogP contribution in [0.4, 0.5) is 11.4 Å². The zero-order valence-corrected chi connectivity index (χ0v) is 11.4. The molecule has 0 radical (unpaired) electrons. The summed E-state index contributed by atoms with van der Waals surface area (Å²) in [6, 6.07) is 8.30. The van der Waals surface area contributed by atoms with E-state index >= 15 is 0 Å². The van der Waals surface area contributed by atoms with E-state index in [9.17, 15) is 4.79 Å². The first kappa shape index (κ1) is 12.5. The Balaban J connectivity index is 1.57. The minimum absolute atomic E-state index is 0.256. The van der Waals surface area contributed by atoms with Crippen molar-refractivity contribution in [1.82, 2.24) is 0 Å². The van der Waals surface area contributed by atoms with Crippen LogP contribution in [0.15, 0.2) is 24.3 Å². The summed E-state index contributed by atoms with van der Waals surface area (Å²) in [6.45, 7) is 1.95. The van der Waals surface area contributed by atoms with Gasteiger partial charge in [-0.3, -0.25) is 4.79 Å². The number of carbonyl (C=O) groups excluding carboxylic acids is 1. The van der Waals surface area contributed by atoms with E-state index in [1.807, 2.05) is 4.90 Å². The predicted molar refractivity (Wildman–Crippen MR) is 78.5 cm³/mol. The lowest BCUT2D eigenvalue weighted by molar-refractivity contribution is -0.117. The molecule has 1 saturated heterocycles. The number of hydrogen-bond acceptors (Lipinski definition) is 2. The van der Waals surface area contributed by atoms with Crippen LogP contribution in [-0.4, -0.2) is 19.0 Å². The minimum Gasteiger partial charge on any atom is -0.385 e. The van der Waals surface area contributed by atoms with Crippen LogP contribution >= 0.6 is 0 Å². The number of amides is 1. The molecule has 102 valence electrons. The monoisotopic (exact) mass is 258 g/mol. The number of hydrogen-bond donors (Lipinski definition) is 1. The van der Waals surface area contributed by atoms with Crippen molar-refractivity contribution < 1.29 is 4.79 Å². The zero-order chi connectivity index (χ0) is 13.1. The fraction of sp³-hybridized carbons (Fsp3) is 0.562. The quantitative estimate of drug-likeness (QED) is 0.897. The smallest absolute Gasteiger partial charge is 0.227 e. The first-order valence-corrected chi connectivity index (χ1v) is 7.47. The molecule has 2 fully saturated rings. The lowest BCUT2D eigenvalue weighted by Crippen LogP contribution is -2.23. The molecule has 0 spiro atoms. The van der Waals surface area contributed by atoms with Gasteiger partial charge in [-0.2, -0.15) is 0 Å². The fourth-order valence-corrected chi connectivity index (χ4v) is 3.16. The van der Waals surface area contributed by atoms with Crippen LogP contribution in [0, 0.1) is 5.92 Å². The second-order valence-corrected chi connectivity index (χ2v) is 5.73. The second-order valence-electron chi connectivity index (χ2n) is 5.73.